The van der Waals surface area contributed by atoms with Crippen LogP contribution in [0.2, 0.25) is 5.02 Å². The molecule has 0 spiro atoms. The number of urea groups is 1. The molecule has 1 heterocycles. The highest BCUT2D eigenvalue weighted by Gasteiger charge is 2.22. The van der Waals surface area contributed by atoms with Gasteiger partial charge in [-0.3, -0.25) is 10.1 Å². The van der Waals surface area contributed by atoms with E-state index in [2.05, 4.69) is 5.32 Å². The normalized spacial score (nSPS) is 11.2. The number of ether oxygens (including phenoxy) is 1. The quantitative estimate of drug-likeness (QED) is 0.617. The Kier molecular flexibility index (Phi) is 7.37. The number of carbonyl (C=O) groups excluding carboxylic acids is 3. The first-order chi connectivity index (χ1) is 13.6. The van der Waals surface area contributed by atoms with Gasteiger partial charge in [0.25, 0.3) is 5.91 Å². The maximum atomic E-state index is 12.2. The predicted octanol–water partition coefficient (Wildman–Crippen LogP) is 1.37. The number of hydrogen-bond donors (Lipinski definition) is 2. The lowest BCUT2D eigenvalue weighted by Crippen LogP contribution is -2.41. The van der Waals surface area contributed by atoms with Crippen LogP contribution < -0.4 is 10.6 Å². The van der Waals surface area contributed by atoms with Crippen LogP contribution in [-0.4, -0.2) is 51.3 Å². The Hall–Kier alpha value is -2.89. The van der Waals surface area contributed by atoms with Crippen LogP contribution in [0, 0.1) is 0 Å². The number of nitrogens with one attached hydrogen (secondary N) is 2. The topological polar surface area (TPSA) is 135 Å². The van der Waals surface area contributed by atoms with E-state index in [1.807, 2.05) is 5.32 Å². The van der Waals surface area contributed by atoms with Crippen molar-refractivity contribution in [1.82, 2.24) is 14.9 Å². The van der Waals surface area contributed by atoms with Crippen molar-refractivity contribution in [3.63, 3.8) is 0 Å². The first-order valence-electron chi connectivity index (χ1n) is 8.10. The molecule has 156 valence electrons. The molecule has 0 radical (unpaired) electrons. The van der Waals surface area contributed by atoms with Crippen molar-refractivity contribution < 1.29 is 32.0 Å². The largest absolute Gasteiger partial charge is 0.467 e. The number of esters is 1. The third-order valence-corrected chi connectivity index (χ3v) is 5.67. The Labute approximate surface area is 171 Å². The summed E-state index contributed by atoms with van der Waals surface area (Å²) in [7, 11) is -1.12. The minimum absolute atomic E-state index is 0.0516. The number of furan rings is 1. The van der Waals surface area contributed by atoms with Crippen molar-refractivity contribution in [1.29, 1.82) is 0 Å². The van der Waals surface area contributed by atoms with E-state index >= 15 is 0 Å². The van der Waals surface area contributed by atoms with Crippen LogP contribution in [0.1, 0.15) is 16.1 Å². The van der Waals surface area contributed by atoms with Crippen molar-refractivity contribution in [2.24, 2.45) is 0 Å². The summed E-state index contributed by atoms with van der Waals surface area (Å²) in [5.41, 5.74) is -0.232. The van der Waals surface area contributed by atoms with Gasteiger partial charge >= 0.3 is 12.0 Å². The average Bonchev–Trinajstić information content (AvgIpc) is 3.18. The van der Waals surface area contributed by atoms with E-state index in [1.165, 1.54) is 32.5 Å². The smallest absolute Gasteiger partial charge is 0.340 e. The fraction of sp³-hybridized carbons (Fsp3) is 0.235. The first kappa shape index (κ1) is 22.4. The maximum absolute atomic E-state index is 12.2. The van der Waals surface area contributed by atoms with Crippen LogP contribution in [0.4, 0.5) is 4.79 Å². The molecule has 1 aromatic carbocycles. The van der Waals surface area contributed by atoms with Crippen LogP contribution in [0.25, 0.3) is 0 Å². The molecular formula is C17H18ClN3O7S. The number of halogens is 1. The number of sulfonamides is 1. The summed E-state index contributed by atoms with van der Waals surface area (Å²) >= 11 is 5.93. The zero-order valence-corrected chi connectivity index (χ0v) is 17.0. The molecule has 3 amide bonds. The fourth-order valence-electron chi connectivity index (χ4n) is 2.03. The van der Waals surface area contributed by atoms with Crippen LogP contribution in [0.5, 0.6) is 0 Å². The van der Waals surface area contributed by atoms with Crippen LogP contribution in [0.15, 0.2) is 45.9 Å². The van der Waals surface area contributed by atoms with Gasteiger partial charge in [-0.15, -0.1) is 0 Å². The zero-order chi connectivity index (χ0) is 21.6. The maximum Gasteiger partial charge on any atom is 0.340 e. The summed E-state index contributed by atoms with van der Waals surface area (Å²) in [6.07, 6.45) is 1.43. The van der Waals surface area contributed by atoms with E-state index in [1.54, 1.807) is 12.1 Å². The van der Waals surface area contributed by atoms with E-state index in [9.17, 15) is 22.8 Å². The van der Waals surface area contributed by atoms with Gasteiger partial charge in [0, 0.05) is 14.1 Å². The van der Waals surface area contributed by atoms with E-state index in [0.717, 1.165) is 10.4 Å². The molecule has 0 aliphatic heterocycles. The molecule has 2 rings (SSSR count). The Morgan fingerprint density at radius 3 is 2.55 bits per heavy atom. The Morgan fingerprint density at radius 2 is 1.93 bits per heavy atom. The molecule has 1 aromatic heterocycles. The molecule has 0 fully saturated rings. The van der Waals surface area contributed by atoms with Gasteiger partial charge in [0.2, 0.25) is 10.0 Å². The molecule has 2 aromatic rings. The number of benzene rings is 1. The third kappa shape index (κ3) is 6.04. The molecule has 0 bridgehead atoms. The molecule has 0 saturated carbocycles. The van der Waals surface area contributed by atoms with Crippen molar-refractivity contribution in [3.05, 3.63) is 52.9 Å². The van der Waals surface area contributed by atoms with Gasteiger partial charge in [-0.25, -0.2) is 22.3 Å². The van der Waals surface area contributed by atoms with Crippen molar-refractivity contribution in [2.45, 2.75) is 11.4 Å². The summed E-state index contributed by atoms with van der Waals surface area (Å²) in [5.74, 6) is -1.42. The standard InChI is InChI=1S/C17H18ClN3O7S/c1-21(2)29(25,26)12-5-6-14(18)13(8-12)16(23)28-10-15(22)20-17(24)19-9-11-4-3-7-27-11/h3-8H,9-10H2,1-2H3,(H2,19,20,22,24). The molecule has 10 nitrogen and oxygen atoms in total. The van der Waals surface area contributed by atoms with E-state index in [-0.39, 0.29) is 22.0 Å². The lowest BCUT2D eigenvalue weighted by Gasteiger charge is -2.13. The van der Waals surface area contributed by atoms with Crippen LogP contribution in [-0.2, 0) is 26.1 Å². The summed E-state index contributed by atoms with van der Waals surface area (Å²) in [5, 5.41) is 4.30. The summed E-state index contributed by atoms with van der Waals surface area (Å²) < 4.78 is 35.1. The number of amides is 3. The zero-order valence-electron chi connectivity index (χ0n) is 15.5. The van der Waals surface area contributed by atoms with Gasteiger partial charge in [0.15, 0.2) is 6.61 Å². The first-order valence-corrected chi connectivity index (χ1v) is 9.92. The monoisotopic (exact) mass is 443 g/mol. The fourth-order valence-corrected chi connectivity index (χ4v) is 3.15. The molecular weight excluding hydrogens is 426 g/mol. The molecule has 2 N–H and O–H groups in total. The highest BCUT2D eigenvalue weighted by molar-refractivity contribution is 7.89. The van der Waals surface area contributed by atoms with E-state index in [0.29, 0.717) is 5.76 Å². The van der Waals surface area contributed by atoms with Crippen molar-refractivity contribution in [2.75, 3.05) is 20.7 Å². The minimum atomic E-state index is -3.79. The second-order valence-electron chi connectivity index (χ2n) is 5.82. The lowest BCUT2D eigenvalue weighted by atomic mass is 10.2. The van der Waals surface area contributed by atoms with Crippen LogP contribution >= 0.6 is 11.6 Å². The highest BCUT2D eigenvalue weighted by Crippen LogP contribution is 2.22. The molecule has 0 unspecified atom stereocenters. The van der Waals surface area contributed by atoms with E-state index < -0.39 is 34.5 Å². The number of imide groups is 1. The summed E-state index contributed by atoms with van der Waals surface area (Å²) in [4.78, 5) is 35.4. The van der Waals surface area contributed by atoms with Gasteiger partial charge in [0.05, 0.1) is 28.3 Å². The highest BCUT2D eigenvalue weighted by atomic mass is 35.5. The number of carbonyl (C=O) groups is 3. The van der Waals surface area contributed by atoms with Crippen molar-refractivity contribution in [3.8, 4) is 0 Å². The molecule has 0 atom stereocenters. The van der Waals surface area contributed by atoms with Gasteiger partial charge in [0.1, 0.15) is 5.76 Å². The number of rotatable bonds is 7. The van der Waals surface area contributed by atoms with E-state index in [4.69, 9.17) is 20.8 Å². The summed E-state index contributed by atoms with van der Waals surface area (Å²) in [6, 6.07) is 6.00. The van der Waals surface area contributed by atoms with Gasteiger partial charge in [-0.2, -0.15) is 0 Å². The lowest BCUT2D eigenvalue weighted by molar-refractivity contribution is -0.123. The van der Waals surface area contributed by atoms with Gasteiger partial charge < -0.3 is 14.5 Å². The minimum Gasteiger partial charge on any atom is -0.467 e. The van der Waals surface area contributed by atoms with Gasteiger partial charge in [-0.05, 0) is 30.3 Å². The second kappa shape index (κ2) is 9.54. The molecule has 12 heteroatoms. The Morgan fingerprint density at radius 1 is 1.21 bits per heavy atom. The molecule has 0 saturated heterocycles. The molecule has 0 aliphatic carbocycles. The third-order valence-electron chi connectivity index (χ3n) is 3.53. The van der Waals surface area contributed by atoms with Crippen LogP contribution in [0.3, 0.4) is 0 Å². The summed E-state index contributed by atoms with van der Waals surface area (Å²) in [6.45, 7) is -0.706. The molecule has 0 aliphatic rings. The van der Waals surface area contributed by atoms with Crippen molar-refractivity contribution >= 4 is 39.5 Å². The van der Waals surface area contributed by atoms with Gasteiger partial charge in [-0.1, -0.05) is 11.6 Å². The second-order valence-corrected chi connectivity index (χ2v) is 8.37. The SMILES string of the molecule is CN(C)S(=O)(=O)c1ccc(Cl)c(C(=O)OCC(=O)NC(=O)NCc2ccco2)c1. The Bertz CT molecular complexity index is 1000. The number of hydrogen-bond acceptors (Lipinski definition) is 7. The molecule has 29 heavy (non-hydrogen) atoms. The average molecular weight is 444 g/mol. The predicted molar refractivity (Wildman–Crippen MR) is 102 cm³/mol. The number of nitrogens with zero attached hydrogens (tertiary/aromatic N) is 1. The Balaban J connectivity index is 1.93.